The Kier molecular flexibility index (Phi) is 5.63. The van der Waals surface area contributed by atoms with Crippen LogP contribution in [0.4, 0.5) is 4.79 Å². The lowest BCUT2D eigenvalue weighted by Gasteiger charge is -2.40. The van der Waals surface area contributed by atoms with Crippen molar-refractivity contribution in [2.75, 3.05) is 6.61 Å². The average molecular weight is 315 g/mol. The zero-order valence-corrected chi connectivity index (χ0v) is 13.3. The van der Waals surface area contributed by atoms with E-state index in [1.165, 1.54) is 0 Å². The number of fused-ring (bicyclic) bond motifs is 1. The Labute approximate surface area is 130 Å². The maximum Gasteiger partial charge on any atom is 0.407 e. The molecule has 4 unspecified atom stereocenters. The molecule has 7 nitrogen and oxygen atoms in total. The van der Waals surface area contributed by atoms with Crippen LogP contribution in [0.5, 0.6) is 0 Å². The summed E-state index contributed by atoms with van der Waals surface area (Å²) in [5.74, 6) is -1.18. The van der Waals surface area contributed by atoms with Crippen LogP contribution in [0.2, 0.25) is 0 Å². The van der Waals surface area contributed by atoms with Gasteiger partial charge in [-0.25, -0.2) is 4.79 Å². The minimum absolute atomic E-state index is 0.0550. The van der Waals surface area contributed by atoms with Crippen molar-refractivity contribution in [3.05, 3.63) is 0 Å². The van der Waals surface area contributed by atoms with E-state index in [0.717, 1.165) is 12.8 Å². The van der Waals surface area contributed by atoms with Gasteiger partial charge in [-0.3, -0.25) is 4.79 Å². The van der Waals surface area contributed by atoms with E-state index in [1.54, 1.807) is 6.92 Å². The van der Waals surface area contributed by atoms with Crippen molar-refractivity contribution < 1.29 is 28.9 Å². The molecule has 1 amide bonds. The van der Waals surface area contributed by atoms with Gasteiger partial charge >= 0.3 is 12.1 Å². The molecule has 126 valence electrons. The van der Waals surface area contributed by atoms with Gasteiger partial charge in [-0.05, 0) is 26.2 Å². The van der Waals surface area contributed by atoms with Crippen LogP contribution in [0.3, 0.4) is 0 Å². The molecule has 0 aromatic rings. The van der Waals surface area contributed by atoms with Crippen LogP contribution in [0.1, 0.15) is 40.0 Å². The fourth-order valence-corrected chi connectivity index (χ4v) is 3.14. The lowest BCUT2D eigenvalue weighted by Crippen LogP contribution is -2.58. The predicted octanol–water partition coefficient (Wildman–Crippen LogP) is 0.981. The number of aliphatic hydroxyl groups excluding tert-OH is 1. The van der Waals surface area contributed by atoms with E-state index in [9.17, 15) is 14.7 Å². The van der Waals surface area contributed by atoms with Crippen molar-refractivity contribution in [1.29, 1.82) is 0 Å². The van der Waals surface area contributed by atoms with Gasteiger partial charge < -0.3 is 24.6 Å². The molecule has 0 aromatic heterocycles. The monoisotopic (exact) mass is 315 g/mol. The summed E-state index contributed by atoms with van der Waals surface area (Å²) < 4.78 is 16.2. The molecule has 2 fully saturated rings. The van der Waals surface area contributed by atoms with E-state index in [2.05, 4.69) is 5.32 Å². The third-order valence-corrected chi connectivity index (χ3v) is 4.37. The lowest BCUT2D eigenvalue weighted by molar-refractivity contribution is -0.181. The minimum atomic E-state index is -1.05. The zero-order valence-electron chi connectivity index (χ0n) is 13.3. The quantitative estimate of drug-likeness (QED) is 0.710. The second-order valence-electron chi connectivity index (χ2n) is 5.74. The highest BCUT2D eigenvalue weighted by molar-refractivity contribution is 5.75. The Hall–Kier alpha value is -1.34. The second-order valence-corrected chi connectivity index (χ2v) is 5.74. The summed E-state index contributed by atoms with van der Waals surface area (Å²) in [4.78, 5) is 23.6. The summed E-state index contributed by atoms with van der Waals surface area (Å²) in [5.41, 5.74) is 0. The number of nitrogens with one attached hydrogen (secondary N) is 1. The molecule has 7 heteroatoms. The molecule has 1 saturated heterocycles. The SMILES string of the molecule is CCOC(=O)C1CC2NC(=O)OC2C(OC(CC)CC)[C@H]1O. The molecule has 1 saturated carbocycles. The fourth-order valence-electron chi connectivity index (χ4n) is 3.14. The normalized spacial score (nSPS) is 34.0. The summed E-state index contributed by atoms with van der Waals surface area (Å²) in [5, 5.41) is 13.2. The van der Waals surface area contributed by atoms with Gasteiger partial charge in [-0.1, -0.05) is 13.8 Å². The molecule has 22 heavy (non-hydrogen) atoms. The van der Waals surface area contributed by atoms with E-state index < -0.39 is 36.3 Å². The molecule has 5 atom stereocenters. The van der Waals surface area contributed by atoms with Crippen molar-refractivity contribution in [3.8, 4) is 0 Å². The van der Waals surface area contributed by atoms with Crippen molar-refractivity contribution in [2.24, 2.45) is 5.92 Å². The molecule has 0 radical (unpaired) electrons. The highest BCUT2D eigenvalue weighted by Gasteiger charge is 2.53. The van der Waals surface area contributed by atoms with Gasteiger partial charge in [0.05, 0.1) is 30.8 Å². The molecule has 2 aliphatic rings. The largest absolute Gasteiger partial charge is 0.466 e. The zero-order chi connectivity index (χ0) is 16.3. The number of hydrogen-bond donors (Lipinski definition) is 2. The Bertz CT molecular complexity index is 411. The highest BCUT2D eigenvalue weighted by atomic mass is 16.6. The Morgan fingerprint density at radius 1 is 1.41 bits per heavy atom. The number of esters is 1. The first-order chi connectivity index (χ1) is 10.5. The molecule has 1 heterocycles. The van der Waals surface area contributed by atoms with Crippen LogP contribution >= 0.6 is 0 Å². The summed E-state index contributed by atoms with van der Waals surface area (Å²) >= 11 is 0. The topological polar surface area (TPSA) is 94.1 Å². The van der Waals surface area contributed by atoms with Gasteiger partial charge in [0.1, 0.15) is 6.10 Å². The van der Waals surface area contributed by atoms with E-state index in [0.29, 0.717) is 6.42 Å². The number of rotatable bonds is 6. The smallest absolute Gasteiger partial charge is 0.407 e. The van der Waals surface area contributed by atoms with Crippen molar-refractivity contribution >= 4 is 12.1 Å². The molecule has 0 spiro atoms. The molecule has 0 bridgehead atoms. The van der Waals surface area contributed by atoms with Crippen LogP contribution < -0.4 is 5.32 Å². The van der Waals surface area contributed by atoms with Crippen molar-refractivity contribution in [3.63, 3.8) is 0 Å². The first kappa shape index (κ1) is 17.0. The molecule has 2 rings (SSSR count). The number of alkyl carbamates (subject to hydrolysis) is 1. The molecular formula is C15H25NO6. The fraction of sp³-hybridized carbons (Fsp3) is 0.867. The molecule has 1 aliphatic carbocycles. The van der Waals surface area contributed by atoms with E-state index in [-0.39, 0.29) is 18.8 Å². The maximum atomic E-state index is 12.1. The van der Waals surface area contributed by atoms with Crippen LogP contribution in [0.25, 0.3) is 0 Å². The molecule has 1 aliphatic heterocycles. The Morgan fingerprint density at radius 3 is 2.68 bits per heavy atom. The van der Waals surface area contributed by atoms with E-state index >= 15 is 0 Å². The van der Waals surface area contributed by atoms with Gasteiger partial charge in [-0.15, -0.1) is 0 Å². The van der Waals surface area contributed by atoms with E-state index in [4.69, 9.17) is 14.2 Å². The number of carbonyl (C=O) groups is 2. The number of hydrogen-bond acceptors (Lipinski definition) is 6. The van der Waals surface area contributed by atoms with Gasteiger partial charge in [0.25, 0.3) is 0 Å². The summed E-state index contributed by atoms with van der Waals surface area (Å²) in [7, 11) is 0. The van der Waals surface area contributed by atoms with Gasteiger partial charge in [0, 0.05) is 0 Å². The average Bonchev–Trinajstić information content (AvgIpc) is 2.86. The van der Waals surface area contributed by atoms with Gasteiger partial charge in [-0.2, -0.15) is 0 Å². The number of ether oxygens (including phenoxy) is 3. The highest BCUT2D eigenvalue weighted by Crippen LogP contribution is 2.34. The third kappa shape index (κ3) is 3.35. The van der Waals surface area contributed by atoms with Crippen LogP contribution in [-0.2, 0) is 19.0 Å². The van der Waals surface area contributed by atoms with Crippen LogP contribution in [0, 0.1) is 5.92 Å². The first-order valence-corrected chi connectivity index (χ1v) is 7.99. The molecule has 0 aromatic carbocycles. The van der Waals surface area contributed by atoms with Crippen LogP contribution in [-0.4, -0.2) is 54.2 Å². The number of amides is 1. The van der Waals surface area contributed by atoms with Crippen molar-refractivity contribution in [1.82, 2.24) is 5.32 Å². The predicted molar refractivity (Wildman–Crippen MR) is 77.2 cm³/mol. The maximum absolute atomic E-state index is 12.1. The minimum Gasteiger partial charge on any atom is -0.466 e. The number of aliphatic hydroxyl groups is 1. The molecule has 2 N–H and O–H groups in total. The lowest BCUT2D eigenvalue weighted by atomic mass is 9.79. The van der Waals surface area contributed by atoms with Gasteiger partial charge in [0.15, 0.2) is 6.10 Å². The summed E-state index contributed by atoms with van der Waals surface area (Å²) in [6.45, 7) is 5.94. The summed E-state index contributed by atoms with van der Waals surface area (Å²) in [6.07, 6.45) is -1.09. The summed E-state index contributed by atoms with van der Waals surface area (Å²) in [6, 6.07) is -0.343. The third-order valence-electron chi connectivity index (χ3n) is 4.37. The van der Waals surface area contributed by atoms with Crippen molar-refractivity contribution in [2.45, 2.75) is 70.5 Å². The van der Waals surface area contributed by atoms with Crippen LogP contribution in [0.15, 0.2) is 0 Å². The number of carbonyl (C=O) groups excluding carboxylic acids is 2. The Balaban J connectivity index is 2.18. The standard InChI is InChI=1S/C15H25NO6/c1-4-8(5-2)21-13-11(17)9(14(18)20-6-3)7-10-12(13)22-15(19)16-10/h8-13,17H,4-7H2,1-3H3,(H,16,19)/t9?,10?,11-,12?,13?/m0/s1. The Morgan fingerprint density at radius 2 is 2.09 bits per heavy atom. The molecular weight excluding hydrogens is 290 g/mol. The van der Waals surface area contributed by atoms with E-state index in [1.807, 2.05) is 13.8 Å². The first-order valence-electron chi connectivity index (χ1n) is 7.99. The second kappa shape index (κ2) is 7.28. The van der Waals surface area contributed by atoms with Gasteiger partial charge in [0.2, 0.25) is 0 Å².